The molecule has 1 atom stereocenters. The standard InChI is InChI=1S/C25H27N3O5S/c1-19-10-12-20(13-11-19)15-26-24(30)25(2)18-27(34(31,32)22-8-4-3-5-9-22)17-23(29)28(25)16-21-7-6-14-33-21/h3-14H,15-18H2,1-2H3,(H,26,30)/t25-/m0/s1. The summed E-state index contributed by atoms with van der Waals surface area (Å²) in [5.41, 5.74) is 0.552. The van der Waals surface area contributed by atoms with E-state index in [0.717, 1.165) is 15.4 Å². The first-order chi connectivity index (χ1) is 16.2. The first-order valence-electron chi connectivity index (χ1n) is 10.9. The number of carbonyl (C=O) groups excluding carboxylic acids is 2. The maximum atomic E-state index is 13.5. The van der Waals surface area contributed by atoms with Gasteiger partial charge in [-0.1, -0.05) is 48.0 Å². The highest BCUT2D eigenvalue weighted by Crippen LogP contribution is 2.29. The Balaban J connectivity index is 1.63. The van der Waals surface area contributed by atoms with E-state index in [1.807, 2.05) is 31.2 Å². The van der Waals surface area contributed by atoms with Crippen LogP contribution in [-0.2, 0) is 32.7 Å². The number of sulfonamides is 1. The number of rotatable bonds is 7. The molecule has 178 valence electrons. The number of hydrogen-bond donors (Lipinski definition) is 1. The zero-order valence-electron chi connectivity index (χ0n) is 19.1. The molecule has 8 nitrogen and oxygen atoms in total. The second-order valence-electron chi connectivity index (χ2n) is 8.59. The molecule has 1 aliphatic rings. The van der Waals surface area contributed by atoms with Gasteiger partial charge in [-0.05, 0) is 43.7 Å². The minimum absolute atomic E-state index is 0.0551. The molecule has 2 heterocycles. The summed E-state index contributed by atoms with van der Waals surface area (Å²) >= 11 is 0. The van der Waals surface area contributed by atoms with Gasteiger partial charge in [-0.15, -0.1) is 0 Å². The van der Waals surface area contributed by atoms with Crippen molar-refractivity contribution in [2.75, 3.05) is 13.1 Å². The van der Waals surface area contributed by atoms with Crippen LogP contribution in [0.2, 0.25) is 0 Å². The SMILES string of the molecule is Cc1ccc(CNC(=O)[C@]2(C)CN(S(=O)(=O)c3ccccc3)CC(=O)N2Cc2ccco2)cc1. The Morgan fingerprint density at radius 2 is 1.76 bits per heavy atom. The third kappa shape index (κ3) is 4.76. The zero-order chi connectivity index (χ0) is 24.3. The van der Waals surface area contributed by atoms with Gasteiger partial charge in [-0.3, -0.25) is 9.59 Å². The molecule has 0 bridgehead atoms. The quantitative estimate of drug-likeness (QED) is 0.559. The second kappa shape index (κ2) is 9.44. The lowest BCUT2D eigenvalue weighted by molar-refractivity contribution is -0.154. The minimum atomic E-state index is -3.97. The summed E-state index contributed by atoms with van der Waals surface area (Å²) < 4.78 is 33.0. The number of amides is 2. The summed E-state index contributed by atoms with van der Waals surface area (Å²) in [7, 11) is -3.97. The molecule has 0 spiro atoms. The van der Waals surface area contributed by atoms with E-state index < -0.39 is 27.4 Å². The Hall–Kier alpha value is -3.43. The van der Waals surface area contributed by atoms with Crippen LogP contribution < -0.4 is 5.32 Å². The first-order valence-corrected chi connectivity index (χ1v) is 12.4. The lowest BCUT2D eigenvalue weighted by atomic mass is 9.95. The van der Waals surface area contributed by atoms with E-state index >= 15 is 0 Å². The molecule has 0 unspecified atom stereocenters. The van der Waals surface area contributed by atoms with Crippen LogP contribution in [-0.4, -0.2) is 48.1 Å². The number of benzene rings is 2. The molecular formula is C25H27N3O5S. The van der Waals surface area contributed by atoms with Gasteiger partial charge in [-0.25, -0.2) is 8.42 Å². The fraction of sp³-hybridized carbons (Fsp3) is 0.280. The lowest BCUT2D eigenvalue weighted by Crippen LogP contribution is -2.69. The van der Waals surface area contributed by atoms with Gasteiger partial charge in [0.25, 0.3) is 0 Å². The highest BCUT2D eigenvalue weighted by Gasteiger charge is 2.50. The normalized spacial score (nSPS) is 19.2. The summed E-state index contributed by atoms with van der Waals surface area (Å²) in [5, 5.41) is 2.89. The van der Waals surface area contributed by atoms with Crippen molar-refractivity contribution in [3.05, 3.63) is 89.9 Å². The van der Waals surface area contributed by atoms with E-state index in [4.69, 9.17) is 4.42 Å². The fourth-order valence-corrected chi connectivity index (χ4v) is 5.50. The van der Waals surface area contributed by atoms with Gasteiger partial charge in [0.05, 0.1) is 24.2 Å². The van der Waals surface area contributed by atoms with Crippen molar-refractivity contribution >= 4 is 21.8 Å². The smallest absolute Gasteiger partial charge is 0.247 e. The maximum Gasteiger partial charge on any atom is 0.247 e. The highest BCUT2D eigenvalue weighted by atomic mass is 32.2. The number of hydrogen-bond acceptors (Lipinski definition) is 5. The molecule has 1 saturated heterocycles. The summed E-state index contributed by atoms with van der Waals surface area (Å²) in [4.78, 5) is 28.2. The molecule has 3 aromatic rings. The van der Waals surface area contributed by atoms with Gasteiger partial charge in [0, 0.05) is 13.1 Å². The molecular weight excluding hydrogens is 454 g/mol. The lowest BCUT2D eigenvalue weighted by Gasteiger charge is -2.46. The van der Waals surface area contributed by atoms with Gasteiger partial charge in [0.2, 0.25) is 21.8 Å². The van der Waals surface area contributed by atoms with E-state index in [1.165, 1.54) is 23.3 Å². The Morgan fingerprint density at radius 1 is 1.06 bits per heavy atom. The summed E-state index contributed by atoms with van der Waals surface area (Å²) in [6.45, 7) is 3.33. The van der Waals surface area contributed by atoms with E-state index in [2.05, 4.69) is 5.32 Å². The maximum absolute atomic E-state index is 13.5. The first kappa shape index (κ1) is 23.7. The number of furan rings is 1. The average molecular weight is 482 g/mol. The van der Waals surface area contributed by atoms with Gasteiger partial charge >= 0.3 is 0 Å². The van der Waals surface area contributed by atoms with Crippen LogP contribution in [0.25, 0.3) is 0 Å². The number of nitrogens with one attached hydrogen (secondary N) is 1. The Labute approximate surface area is 199 Å². The molecule has 9 heteroatoms. The number of carbonyl (C=O) groups is 2. The molecule has 1 fully saturated rings. The van der Waals surface area contributed by atoms with Crippen molar-refractivity contribution in [1.82, 2.24) is 14.5 Å². The molecule has 0 radical (unpaired) electrons. The van der Waals surface area contributed by atoms with Crippen LogP contribution in [0.4, 0.5) is 0 Å². The Kier molecular flexibility index (Phi) is 6.58. The Bertz CT molecular complexity index is 1260. The van der Waals surface area contributed by atoms with Gasteiger partial charge in [-0.2, -0.15) is 4.31 Å². The van der Waals surface area contributed by atoms with Crippen LogP contribution >= 0.6 is 0 Å². The van der Waals surface area contributed by atoms with Crippen molar-refractivity contribution in [2.24, 2.45) is 0 Å². The third-order valence-electron chi connectivity index (χ3n) is 6.03. The topological polar surface area (TPSA) is 99.9 Å². The van der Waals surface area contributed by atoms with Crippen molar-refractivity contribution in [3.63, 3.8) is 0 Å². The zero-order valence-corrected chi connectivity index (χ0v) is 19.9. The fourth-order valence-electron chi connectivity index (χ4n) is 4.00. The predicted molar refractivity (Wildman–Crippen MR) is 126 cm³/mol. The van der Waals surface area contributed by atoms with E-state index in [1.54, 1.807) is 37.3 Å². The van der Waals surface area contributed by atoms with E-state index in [0.29, 0.717) is 5.76 Å². The van der Waals surface area contributed by atoms with E-state index in [-0.39, 0.29) is 31.1 Å². The van der Waals surface area contributed by atoms with Gasteiger partial charge in [0.15, 0.2) is 0 Å². The predicted octanol–water partition coefficient (Wildman–Crippen LogP) is 2.70. The van der Waals surface area contributed by atoms with Gasteiger partial charge < -0.3 is 14.6 Å². The minimum Gasteiger partial charge on any atom is -0.467 e. The number of aryl methyl sites for hydroxylation is 1. The highest BCUT2D eigenvalue weighted by molar-refractivity contribution is 7.89. The monoisotopic (exact) mass is 481 g/mol. The number of piperazine rings is 1. The molecule has 0 aliphatic carbocycles. The average Bonchev–Trinajstić information content (AvgIpc) is 3.34. The second-order valence-corrected chi connectivity index (χ2v) is 10.5. The van der Waals surface area contributed by atoms with Crippen molar-refractivity contribution in [3.8, 4) is 0 Å². The molecule has 2 aromatic carbocycles. The van der Waals surface area contributed by atoms with Crippen LogP contribution in [0.3, 0.4) is 0 Å². The summed E-state index contributed by atoms with van der Waals surface area (Å²) in [5.74, 6) is -0.415. The Morgan fingerprint density at radius 3 is 2.41 bits per heavy atom. The molecule has 2 amide bonds. The van der Waals surface area contributed by atoms with Crippen molar-refractivity contribution < 1.29 is 22.4 Å². The summed E-state index contributed by atoms with van der Waals surface area (Å²) in [6.07, 6.45) is 1.49. The van der Waals surface area contributed by atoms with Gasteiger partial charge in [0.1, 0.15) is 11.3 Å². The van der Waals surface area contributed by atoms with E-state index in [9.17, 15) is 18.0 Å². The van der Waals surface area contributed by atoms with Crippen LogP contribution in [0.5, 0.6) is 0 Å². The third-order valence-corrected chi connectivity index (χ3v) is 7.84. The van der Waals surface area contributed by atoms with Crippen molar-refractivity contribution in [2.45, 2.75) is 37.4 Å². The van der Waals surface area contributed by atoms with Crippen LogP contribution in [0.1, 0.15) is 23.8 Å². The van der Waals surface area contributed by atoms with Crippen molar-refractivity contribution in [1.29, 1.82) is 0 Å². The summed E-state index contributed by atoms with van der Waals surface area (Å²) in [6, 6.07) is 19.0. The molecule has 1 aliphatic heterocycles. The largest absolute Gasteiger partial charge is 0.467 e. The van der Waals surface area contributed by atoms with Crippen LogP contribution in [0, 0.1) is 6.92 Å². The number of nitrogens with zero attached hydrogens (tertiary/aromatic N) is 2. The molecule has 0 saturated carbocycles. The molecule has 1 N–H and O–H groups in total. The molecule has 1 aromatic heterocycles. The molecule has 34 heavy (non-hydrogen) atoms. The van der Waals surface area contributed by atoms with Crippen LogP contribution in [0.15, 0.2) is 82.3 Å². The molecule has 4 rings (SSSR count).